The van der Waals surface area contributed by atoms with Gasteiger partial charge in [-0.25, -0.2) is 18.4 Å². The first-order valence-electron chi connectivity index (χ1n) is 10.5. The number of sulfone groups is 1. The van der Waals surface area contributed by atoms with Gasteiger partial charge in [0.15, 0.2) is 15.7 Å². The molecule has 1 spiro atoms. The van der Waals surface area contributed by atoms with Crippen molar-refractivity contribution in [2.45, 2.75) is 36.5 Å². The summed E-state index contributed by atoms with van der Waals surface area (Å²) in [6.07, 6.45) is 7.27. The van der Waals surface area contributed by atoms with Gasteiger partial charge < -0.3 is 11.1 Å². The van der Waals surface area contributed by atoms with Gasteiger partial charge in [-0.1, -0.05) is 11.6 Å². The van der Waals surface area contributed by atoms with Crippen molar-refractivity contribution < 1.29 is 8.42 Å². The number of nitrogens with two attached hydrogens (primary N) is 1. The van der Waals surface area contributed by atoms with E-state index >= 15 is 0 Å². The predicted molar refractivity (Wildman–Crippen MR) is 124 cm³/mol. The maximum atomic E-state index is 13.3. The minimum Gasteiger partial charge on any atom is -0.386 e. The Morgan fingerprint density at radius 2 is 2.00 bits per heavy atom. The van der Waals surface area contributed by atoms with Gasteiger partial charge in [-0.05, 0) is 55.0 Å². The Hall–Kier alpha value is -2.78. The van der Waals surface area contributed by atoms with Gasteiger partial charge in [0.2, 0.25) is 0 Å². The molecule has 2 atom stereocenters. The SMILES string of the molecule is C[C@]1(C2CC2)C(N)=N[C@@]2(Cc3cnc(Nc4nccc5cc(Cl)cnc45)cc32)CS1(=O)=O. The number of pyridine rings is 3. The van der Waals surface area contributed by atoms with Crippen LogP contribution in [0, 0.1) is 5.92 Å². The molecule has 3 aliphatic rings. The van der Waals surface area contributed by atoms with Gasteiger partial charge in [0, 0.05) is 30.4 Å². The molecule has 3 aromatic rings. The van der Waals surface area contributed by atoms with Gasteiger partial charge in [0.25, 0.3) is 0 Å². The number of nitrogens with one attached hydrogen (secondary N) is 1. The molecule has 8 nitrogen and oxygen atoms in total. The molecule has 1 fully saturated rings. The van der Waals surface area contributed by atoms with Crippen molar-refractivity contribution in [1.82, 2.24) is 15.0 Å². The summed E-state index contributed by atoms with van der Waals surface area (Å²) in [6.45, 7) is 1.73. The summed E-state index contributed by atoms with van der Waals surface area (Å²) in [6, 6.07) is 5.50. The summed E-state index contributed by atoms with van der Waals surface area (Å²) < 4.78 is 25.6. The fourth-order valence-corrected chi connectivity index (χ4v) is 7.52. The average molecular weight is 469 g/mol. The Kier molecular flexibility index (Phi) is 3.97. The first kappa shape index (κ1) is 19.9. The third kappa shape index (κ3) is 2.70. The van der Waals surface area contributed by atoms with E-state index in [1.165, 1.54) is 0 Å². The Morgan fingerprint density at radius 1 is 1.19 bits per heavy atom. The first-order valence-corrected chi connectivity index (χ1v) is 12.5. The molecule has 3 N–H and O–H groups in total. The number of aromatic nitrogens is 3. The van der Waals surface area contributed by atoms with Crippen LogP contribution in [0.1, 0.15) is 30.9 Å². The Morgan fingerprint density at radius 3 is 2.75 bits per heavy atom. The van der Waals surface area contributed by atoms with Crippen LogP contribution < -0.4 is 11.1 Å². The fourth-order valence-electron chi connectivity index (χ4n) is 5.00. The number of nitrogens with zero attached hydrogens (tertiary/aromatic N) is 4. The molecule has 4 heterocycles. The molecule has 3 aromatic heterocycles. The lowest BCUT2D eigenvalue weighted by Gasteiger charge is -2.47. The smallest absolute Gasteiger partial charge is 0.165 e. The summed E-state index contributed by atoms with van der Waals surface area (Å²) in [5, 5.41) is 4.61. The third-order valence-corrected chi connectivity index (χ3v) is 9.96. The lowest BCUT2D eigenvalue weighted by atomic mass is 9.72. The zero-order valence-corrected chi connectivity index (χ0v) is 18.9. The zero-order valence-electron chi connectivity index (χ0n) is 17.3. The second kappa shape index (κ2) is 6.39. The van der Waals surface area contributed by atoms with E-state index in [0.717, 1.165) is 29.4 Å². The number of aliphatic imine (C=N–C) groups is 1. The lowest BCUT2D eigenvalue weighted by molar-refractivity contribution is 0.405. The predicted octanol–water partition coefficient (Wildman–Crippen LogP) is 3.13. The molecule has 0 radical (unpaired) electrons. The monoisotopic (exact) mass is 468 g/mol. The molecule has 0 unspecified atom stereocenters. The highest BCUT2D eigenvalue weighted by Gasteiger charge is 2.61. The molecule has 0 bridgehead atoms. The van der Waals surface area contributed by atoms with Crippen molar-refractivity contribution >= 4 is 49.8 Å². The van der Waals surface area contributed by atoms with E-state index in [1.54, 1.807) is 25.5 Å². The molecule has 6 rings (SSSR count). The molecule has 32 heavy (non-hydrogen) atoms. The molecular formula is C22H21ClN6O2S. The average Bonchev–Trinajstić information content (AvgIpc) is 3.58. The maximum absolute atomic E-state index is 13.3. The van der Waals surface area contributed by atoms with Crippen LogP contribution in [0.25, 0.3) is 10.9 Å². The highest BCUT2D eigenvalue weighted by atomic mass is 35.5. The van der Waals surface area contributed by atoms with Gasteiger partial charge in [-0.15, -0.1) is 0 Å². The molecule has 1 saturated carbocycles. The van der Waals surface area contributed by atoms with Crippen molar-refractivity contribution in [2.75, 3.05) is 11.1 Å². The van der Waals surface area contributed by atoms with Crippen LogP contribution in [0.15, 0.2) is 41.8 Å². The van der Waals surface area contributed by atoms with Crippen LogP contribution in [-0.2, 0) is 21.8 Å². The summed E-state index contributed by atoms with van der Waals surface area (Å²) in [5.74, 6) is 1.36. The summed E-state index contributed by atoms with van der Waals surface area (Å²) >= 11 is 6.05. The van der Waals surface area contributed by atoms with Crippen LogP contribution in [-0.4, -0.2) is 39.7 Å². The number of halogens is 1. The molecule has 164 valence electrons. The van der Waals surface area contributed by atoms with Crippen LogP contribution in [0.2, 0.25) is 5.02 Å². The maximum Gasteiger partial charge on any atom is 0.165 e. The normalized spacial score (nSPS) is 28.1. The summed E-state index contributed by atoms with van der Waals surface area (Å²) in [4.78, 5) is 18.0. The second-order valence-electron chi connectivity index (χ2n) is 9.08. The van der Waals surface area contributed by atoms with E-state index in [9.17, 15) is 8.42 Å². The number of hydrogen-bond acceptors (Lipinski definition) is 8. The minimum atomic E-state index is -3.46. The van der Waals surface area contributed by atoms with Crippen LogP contribution in [0.4, 0.5) is 11.6 Å². The van der Waals surface area contributed by atoms with Crippen LogP contribution >= 0.6 is 11.6 Å². The number of anilines is 2. The minimum absolute atomic E-state index is 0.0310. The number of hydrogen-bond donors (Lipinski definition) is 2. The quantitative estimate of drug-likeness (QED) is 0.605. The molecule has 2 aliphatic carbocycles. The molecule has 0 aromatic carbocycles. The van der Waals surface area contributed by atoms with Gasteiger partial charge >= 0.3 is 0 Å². The first-order chi connectivity index (χ1) is 15.2. The Labute approximate surface area is 190 Å². The zero-order chi connectivity index (χ0) is 22.3. The Bertz CT molecular complexity index is 1440. The fraction of sp³-hybridized carbons (Fsp3) is 0.364. The third-order valence-electron chi connectivity index (χ3n) is 7.06. The highest BCUT2D eigenvalue weighted by Crippen LogP contribution is 2.53. The van der Waals surface area contributed by atoms with Crippen molar-refractivity contribution in [3.63, 3.8) is 0 Å². The van der Waals surface area contributed by atoms with Gasteiger partial charge in [-0.3, -0.25) is 9.98 Å². The summed E-state index contributed by atoms with van der Waals surface area (Å²) in [5.41, 5.74) is 7.96. The van der Waals surface area contributed by atoms with Gasteiger partial charge in [-0.2, -0.15) is 0 Å². The van der Waals surface area contributed by atoms with Crippen molar-refractivity contribution in [3.05, 3.63) is 52.9 Å². The van der Waals surface area contributed by atoms with Crippen molar-refractivity contribution in [1.29, 1.82) is 0 Å². The topological polar surface area (TPSA) is 123 Å². The second-order valence-corrected chi connectivity index (χ2v) is 11.9. The van der Waals surface area contributed by atoms with E-state index in [1.807, 2.05) is 18.2 Å². The van der Waals surface area contributed by atoms with E-state index in [4.69, 9.17) is 22.3 Å². The largest absolute Gasteiger partial charge is 0.386 e. The van der Waals surface area contributed by atoms with Gasteiger partial charge in [0.05, 0.1) is 10.8 Å². The van der Waals surface area contributed by atoms with E-state index in [2.05, 4.69) is 20.3 Å². The van der Waals surface area contributed by atoms with Crippen molar-refractivity contribution in [3.8, 4) is 0 Å². The van der Waals surface area contributed by atoms with E-state index in [-0.39, 0.29) is 17.5 Å². The number of amidine groups is 1. The van der Waals surface area contributed by atoms with E-state index < -0.39 is 20.1 Å². The molecule has 1 aliphatic heterocycles. The van der Waals surface area contributed by atoms with Crippen LogP contribution in [0.5, 0.6) is 0 Å². The Balaban J connectivity index is 1.38. The molecular weight excluding hydrogens is 448 g/mol. The number of fused-ring (bicyclic) bond motifs is 3. The number of rotatable bonds is 3. The molecule has 10 heteroatoms. The van der Waals surface area contributed by atoms with E-state index in [0.29, 0.717) is 28.6 Å². The van der Waals surface area contributed by atoms with Crippen molar-refractivity contribution in [2.24, 2.45) is 16.6 Å². The standard InChI is InChI=1S/C22H21ClN6O2S/c1-21(14-2-3-14)20(24)29-22(11-32(21,30)31)8-13-9-26-17(7-16(13)22)28-19-18-12(4-5-25-19)6-15(23)10-27-18/h4-7,9-10,14H,2-3,8,11H2,1H3,(H2,24,29)(H,25,26,28)/t21-,22-/m0/s1. The van der Waals surface area contributed by atoms with Crippen LogP contribution in [0.3, 0.4) is 0 Å². The highest BCUT2D eigenvalue weighted by molar-refractivity contribution is 7.93. The van der Waals surface area contributed by atoms with Gasteiger partial charge in [0.1, 0.15) is 27.5 Å². The summed E-state index contributed by atoms with van der Waals surface area (Å²) in [7, 11) is -3.46. The molecule has 0 saturated heterocycles. The lowest BCUT2D eigenvalue weighted by Crippen LogP contribution is -2.60. The molecule has 0 amide bonds.